The van der Waals surface area contributed by atoms with Crippen LogP contribution < -0.4 is 0 Å². The van der Waals surface area contributed by atoms with Gasteiger partial charge in [0.1, 0.15) is 0 Å². The summed E-state index contributed by atoms with van der Waals surface area (Å²) in [5, 5.41) is 10.2. The fraction of sp³-hybridized carbons (Fsp3) is 0.625. The summed E-state index contributed by atoms with van der Waals surface area (Å²) in [6, 6.07) is 9.85. The molecule has 4 heteroatoms. The molecule has 4 nitrogen and oxygen atoms in total. The number of aliphatic hydroxyl groups is 1. The molecule has 0 spiro atoms. The highest BCUT2D eigenvalue weighted by molar-refractivity contribution is 5.93. The zero-order valence-corrected chi connectivity index (χ0v) is 18.2. The summed E-state index contributed by atoms with van der Waals surface area (Å²) in [5.74, 6) is 1.23. The maximum absolute atomic E-state index is 12.7. The summed E-state index contributed by atoms with van der Waals surface area (Å²) in [6.07, 6.45) is 2.86. The predicted octanol–water partition coefficient (Wildman–Crippen LogP) is 4.76. The molecule has 0 radical (unpaired) electrons. The van der Waals surface area contributed by atoms with Crippen molar-refractivity contribution in [1.82, 2.24) is 0 Å². The third-order valence-electron chi connectivity index (χ3n) is 6.33. The first-order chi connectivity index (χ1) is 13.1. The number of rotatable bonds is 9. The number of carbonyl (C=O) groups excluding carboxylic acids is 1. The Morgan fingerprint density at radius 1 is 1.11 bits per heavy atom. The number of ether oxygens (including phenoxy) is 2. The van der Waals surface area contributed by atoms with Gasteiger partial charge in [-0.25, -0.2) is 4.79 Å². The molecule has 1 aromatic carbocycles. The Hall–Kier alpha value is -1.65. The zero-order valence-electron chi connectivity index (χ0n) is 18.2. The van der Waals surface area contributed by atoms with E-state index in [1.165, 1.54) is 0 Å². The van der Waals surface area contributed by atoms with E-state index in [-0.39, 0.29) is 19.2 Å². The van der Waals surface area contributed by atoms with Crippen molar-refractivity contribution >= 4 is 5.97 Å². The van der Waals surface area contributed by atoms with E-state index >= 15 is 0 Å². The molecular weight excluding hydrogens is 352 g/mol. The smallest absolute Gasteiger partial charge is 0.335 e. The largest absolute Gasteiger partial charge is 0.450 e. The second-order valence-corrected chi connectivity index (χ2v) is 9.15. The van der Waals surface area contributed by atoms with Gasteiger partial charge in [0.25, 0.3) is 0 Å². The standard InChI is InChI=1S/C24H36O4/c1-17(2)20(18(3)4)12-13-21-22(26)28-24(15-25,23(21,5)6)16-27-14-19-10-8-7-9-11-19/h7-11,13,17-18,20,25H,12,14-16H2,1-6H3/b21-13-. The van der Waals surface area contributed by atoms with Gasteiger partial charge in [-0.15, -0.1) is 0 Å². The van der Waals surface area contributed by atoms with Crippen LogP contribution in [0.25, 0.3) is 0 Å². The van der Waals surface area contributed by atoms with Crippen LogP contribution >= 0.6 is 0 Å². The van der Waals surface area contributed by atoms with Gasteiger partial charge in [-0.3, -0.25) is 0 Å². The van der Waals surface area contributed by atoms with Gasteiger partial charge in [0.15, 0.2) is 5.60 Å². The Morgan fingerprint density at radius 2 is 1.71 bits per heavy atom. The van der Waals surface area contributed by atoms with E-state index in [1.807, 2.05) is 50.3 Å². The number of esters is 1. The molecule has 1 aromatic rings. The van der Waals surface area contributed by atoms with Crippen LogP contribution in [0.2, 0.25) is 0 Å². The Bertz CT molecular complexity index is 667. The lowest BCUT2D eigenvalue weighted by molar-refractivity contribution is -0.167. The highest BCUT2D eigenvalue weighted by Gasteiger charge is 2.58. The van der Waals surface area contributed by atoms with E-state index in [1.54, 1.807) is 0 Å². The van der Waals surface area contributed by atoms with Crippen molar-refractivity contribution in [1.29, 1.82) is 0 Å². The van der Waals surface area contributed by atoms with Crippen molar-refractivity contribution in [3.8, 4) is 0 Å². The Labute approximate surface area is 169 Å². The lowest BCUT2D eigenvalue weighted by Gasteiger charge is -2.37. The number of allylic oxidation sites excluding steroid dienone is 1. The molecule has 1 fully saturated rings. The molecule has 0 amide bonds. The highest BCUT2D eigenvalue weighted by Crippen LogP contribution is 2.48. The zero-order chi connectivity index (χ0) is 20.9. The Kier molecular flexibility index (Phi) is 7.46. The van der Waals surface area contributed by atoms with Crippen LogP contribution in [0.5, 0.6) is 0 Å². The number of benzene rings is 1. The highest BCUT2D eigenvalue weighted by atomic mass is 16.6. The van der Waals surface area contributed by atoms with Gasteiger partial charge in [-0.1, -0.05) is 78.0 Å². The summed E-state index contributed by atoms with van der Waals surface area (Å²) in [7, 11) is 0. The first kappa shape index (κ1) is 22.6. The van der Waals surface area contributed by atoms with E-state index in [2.05, 4.69) is 27.7 Å². The van der Waals surface area contributed by atoms with Crippen LogP contribution in [0.4, 0.5) is 0 Å². The second-order valence-electron chi connectivity index (χ2n) is 9.15. The SMILES string of the molecule is CC(C)C(C/C=C1/C(=O)OC(CO)(COCc2ccccc2)C1(C)C)C(C)C. The third-order valence-corrected chi connectivity index (χ3v) is 6.33. The van der Waals surface area contributed by atoms with E-state index in [0.717, 1.165) is 12.0 Å². The summed E-state index contributed by atoms with van der Waals surface area (Å²) >= 11 is 0. The van der Waals surface area contributed by atoms with E-state index < -0.39 is 11.0 Å². The monoisotopic (exact) mass is 388 g/mol. The minimum atomic E-state index is -1.06. The maximum Gasteiger partial charge on any atom is 0.335 e. The second kappa shape index (κ2) is 9.23. The summed E-state index contributed by atoms with van der Waals surface area (Å²) in [6.45, 7) is 13.1. The van der Waals surface area contributed by atoms with Crippen molar-refractivity contribution in [3.63, 3.8) is 0 Å². The average Bonchev–Trinajstić information content (AvgIpc) is 2.82. The van der Waals surface area contributed by atoms with E-state index in [0.29, 0.717) is 29.9 Å². The maximum atomic E-state index is 12.7. The number of cyclic esters (lactones) is 1. The summed E-state index contributed by atoms with van der Waals surface area (Å²) in [4.78, 5) is 12.7. The lowest BCUT2D eigenvalue weighted by Crippen LogP contribution is -2.49. The topological polar surface area (TPSA) is 55.8 Å². The molecule has 28 heavy (non-hydrogen) atoms. The molecule has 1 aliphatic rings. The molecule has 0 saturated carbocycles. The van der Waals surface area contributed by atoms with Crippen molar-refractivity contribution in [2.45, 2.75) is 60.2 Å². The van der Waals surface area contributed by atoms with Gasteiger partial charge in [0.05, 0.1) is 19.8 Å². The van der Waals surface area contributed by atoms with Gasteiger partial charge < -0.3 is 14.6 Å². The quantitative estimate of drug-likeness (QED) is 0.489. The minimum absolute atomic E-state index is 0.159. The average molecular weight is 389 g/mol. The molecule has 1 atom stereocenters. The molecule has 0 aliphatic carbocycles. The molecule has 2 rings (SSSR count). The third kappa shape index (κ3) is 4.66. The van der Waals surface area contributed by atoms with Crippen molar-refractivity contribution in [2.75, 3.05) is 13.2 Å². The molecule has 1 saturated heterocycles. The Morgan fingerprint density at radius 3 is 2.25 bits per heavy atom. The molecule has 1 N–H and O–H groups in total. The van der Waals surface area contributed by atoms with Crippen LogP contribution in [0, 0.1) is 23.2 Å². The number of hydrogen-bond acceptors (Lipinski definition) is 4. The van der Waals surface area contributed by atoms with Gasteiger partial charge in [0, 0.05) is 11.0 Å². The minimum Gasteiger partial charge on any atom is -0.450 e. The van der Waals surface area contributed by atoms with Crippen LogP contribution in [0.15, 0.2) is 42.0 Å². The molecule has 1 unspecified atom stereocenters. The fourth-order valence-corrected chi connectivity index (χ4v) is 4.16. The first-order valence-electron chi connectivity index (χ1n) is 10.3. The van der Waals surface area contributed by atoms with Gasteiger partial charge >= 0.3 is 5.97 Å². The van der Waals surface area contributed by atoms with Gasteiger partial charge in [-0.2, -0.15) is 0 Å². The van der Waals surface area contributed by atoms with Crippen LogP contribution in [0.1, 0.15) is 53.5 Å². The molecule has 1 heterocycles. The van der Waals surface area contributed by atoms with Crippen LogP contribution in [-0.4, -0.2) is 29.9 Å². The van der Waals surface area contributed by atoms with Crippen molar-refractivity contribution < 1.29 is 19.4 Å². The summed E-state index contributed by atoms with van der Waals surface area (Å²) < 4.78 is 11.6. The fourth-order valence-electron chi connectivity index (χ4n) is 4.16. The molecule has 0 aromatic heterocycles. The van der Waals surface area contributed by atoms with Crippen molar-refractivity contribution in [2.24, 2.45) is 23.2 Å². The molecule has 156 valence electrons. The van der Waals surface area contributed by atoms with Crippen molar-refractivity contribution in [3.05, 3.63) is 47.5 Å². The van der Waals surface area contributed by atoms with Crippen LogP contribution in [0.3, 0.4) is 0 Å². The molecule has 0 bridgehead atoms. The van der Waals surface area contributed by atoms with E-state index in [4.69, 9.17) is 9.47 Å². The van der Waals surface area contributed by atoms with Gasteiger partial charge in [-0.05, 0) is 29.7 Å². The number of hydrogen-bond donors (Lipinski definition) is 1. The molecular formula is C24H36O4. The Balaban J connectivity index is 2.16. The lowest BCUT2D eigenvalue weighted by atomic mass is 9.71. The van der Waals surface area contributed by atoms with Gasteiger partial charge in [0.2, 0.25) is 0 Å². The molecule has 1 aliphatic heterocycles. The summed E-state index contributed by atoms with van der Waals surface area (Å²) in [5.41, 5.74) is 0.00511. The number of carbonyl (C=O) groups is 1. The first-order valence-corrected chi connectivity index (χ1v) is 10.3. The number of aliphatic hydroxyl groups excluding tert-OH is 1. The predicted molar refractivity (Wildman–Crippen MR) is 112 cm³/mol. The normalized spacial score (nSPS) is 23.2. The van der Waals surface area contributed by atoms with Crippen LogP contribution in [-0.2, 0) is 20.9 Å². The van der Waals surface area contributed by atoms with E-state index in [9.17, 15) is 9.90 Å².